The third-order valence-corrected chi connectivity index (χ3v) is 4.27. The molecule has 0 saturated heterocycles. The Balaban J connectivity index is 1.57. The Morgan fingerprint density at radius 1 is 1.21 bits per heavy atom. The van der Waals surface area contributed by atoms with Gasteiger partial charge >= 0.3 is 0 Å². The van der Waals surface area contributed by atoms with Gasteiger partial charge in [-0.05, 0) is 41.3 Å². The molecule has 0 radical (unpaired) electrons. The number of amides is 1. The van der Waals surface area contributed by atoms with Crippen LogP contribution >= 0.6 is 0 Å². The first-order valence-electron chi connectivity index (χ1n) is 8.17. The number of hydrogen-bond acceptors (Lipinski definition) is 2. The zero-order chi connectivity index (χ0) is 17.3. The molecule has 1 heterocycles. The van der Waals surface area contributed by atoms with E-state index in [9.17, 15) is 9.18 Å². The third-order valence-electron chi connectivity index (χ3n) is 4.27. The fraction of sp³-hybridized carbons (Fsp3) is 0.350. The quantitative estimate of drug-likeness (QED) is 0.930. The van der Waals surface area contributed by atoms with Gasteiger partial charge in [-0.25, -0.2) is 4.39 Å². The summed E-state index contributed by atoms with van der Waals surface area (Å²) in [5, 5.41) is 2.89. The summed E-state index contributed by atoms with van der Waals surface area (Å²) in [5.74, 6) is 0.312. The Hall–Kier alpha value is -2.36. The molecular weight excluding hydrogens is 305 g/mol. The molecular formula is C20H22FNO2. The van der Waals surface area contributed by atoms with Gasteiger partial charge in [0.2, 0.25) is 0 Å². The molecule has 24 heavy (non-hydrogen) atoms. The van der Waals surface area contributed by atoms with E-state index in [1.807, 2.05) is 24.3 Å². The van der Waals surface area contributed by atoms with Crippen LogP contribution in [0.3, 0.4) is 0 Å². The number of nitrogens with one attached hydrogen (secondary N) is 1. The second-order valence-electron chi connectivity index (χ2n) is 7.23. The zero-order valence-electron chi connectivity index (χ0n) is 14.2. The molecule has 3 rings (SSSR count). The lowest BCUT2D eigenvalue weighted by Crippen LogP contribution is -2.34. The molecule has 0 spiro atoms. The summed E-state index contributed by atoms with van der Waals surface area (Å²) in [6.07, 6.45) is 0.454. The lowest BCUT2D eigenvalue weighted by molar-refractivity contribution is 0.0933. The molecule has 126 valence electrons. The minimum atomic E-state index is -0.263. The van der Waals surface area contributed by atoms with Crippen molar-refractivity contribution in [2.45, 2.75) is 38.7 Å². The van der Waals surface area contributed by atoms with Crippen molar-refractivity contribution < 1.29 is 13.9 Å². The van der Waals surface area contributed by atoms with Gasteiger partial charge in [-0.3, -0.25) is 4.79 Å². The Labute approximate surface area is 141 Å². The molecule has 0 bridgehead atoms. The maximum Gasteiger partial charge on any atom is 0.251 e. The second-order valence-corrected chi connectivity index (χ2v) is 7.23. The highest BCUT2D eigenvalue weighted by molar-refractivity contribution is 5.94. The van der Waals surface area contributed by atoms with E-state index in [4.69, 9.17) is 4.74 Å². The van der Waals surface area contributed by atoms with Gasteiger partial charge < -0.3 is 10.1 Å². The van der Waals surface area contributed by atoms with Gasteiger partial charge in [-0.15, -0.1) is 0 Å². The van der Waals surface area contributed by atoms with E-state index >= 15 is 0 Å². The predicted molar refractivity (Wildman–Crippen MR) is 92.0 cm³/mol. The average molecular weight is 327 g/mol. The van der Waals surface area contributed by atoms with E-state index in [-0.39, 0.29) is 23.2 Å². The smallest absolute Gasteiger partial charge is 0.251 e. The van der Waals surface area contributed by atoms with E-state index in [0.717, 1.165) is 5.56 Å². The standard InChI is InChI=1S/C20H22FNO2/c1-20(2,3)15-6-4-13(5-7-15)19(23)22-12-17-11-14-10-16(21)8-9-18(14)24-17/h4-10,17H,11-12H2,1-3H3,(H,22,23)/t17-/m0/s1. The van der Waals surface area contributed by atoms with Crippen molar-refractivity contribution in [3.63, 3.8) is 0 Å². The van der Waals surface area contributed by atoms with E-state index < -0.39 is 0 Å². The molecule has 4 heteroatoms. The monoisotopic (exact) mass is 327 g/mol. The van der Waals surface area contributed by atoms with E-state index in [1.165, 1.54) is 17.7 Å². The molecule has 2 aromatic carbocycles. The van der Waals surface area contributed by atoms with Crippen LogP contribution in [0.25, 0.3) is 0 Å². The molecule has 1 atom stereocenters. The van der Waals surface area contributed by atoms with Crippen LogP contribution in [0.5, 0.6) is 5.75 Å². The molecule has 1 amide bonds. The van der Waals surface area contributed by atoms with Gasteiger partial charge in [-0.2, -0.15) is 0 Å². The Kier molecular flexibility index (Phi) is 4.31. The van der Waals surface area contributed by atoms with Crippen molar-refractivity contribution in [3.8, 4) is 5.75 Å². The first-order chi connectivity index (χ1) is 11.3. The van der Waals surface area contributed by atoms with Crippen molar-refractivity contribution in [2.75, 3.05) is 6.54 Å². The van der Waals surface area contributed by atoms with E-state index in [0.29, 0.717) is 24.3 Å². The van der Waals surface area contributed by atoms with Crippen molar-refractivity contribution in [3.05, 3.63) is 65.0 Å². The van der Waals surface area contributed by atoms with Crippen LogP contribution in [-0.2, 0) is 11.8 Å². The van der Waals surface area contributed by atoms with Gasteiger partial charge in [0.05, 0.1) is 6.54 Å². The molecule has 0 saturated carbocycles. The van der Waals surface area contributed by atoms with Gasteiger partial charge in [0.15, 0.2) is 0 Å². The Morgan fingerprint density at radius 3 is 2.58 bits per heavy atom. The molecule has 3 nitrogen and oxygen atoms in total. The predicted octanol–water partition coefficient (Wildman–Crippen LogP) is 3.86. The molecule has 2 aromatic rings. The normalized spacial score (nSPS) is 16.4. The maximum absolute atomic E-state index is 13.2. The molecule has 1 aliphatic rings. The highest BCUT2D eigenvalue weighted by Crippen LogP contribution is 2.29. The summed E-state index contributed by atoms with van der Waals surface area (Å²) >= 11 is 0. The number of carbonyl (C=O) groups excluding carboxylic acids is 1. The van der Waals surface area contributed by atoms with Crippen LogP contribution in [0.15, 0.2) is 42.5 Å². The number of benzene rings is 2. The highest BCUT2D eigenvalue weighted by Gasteiger charge is 2.24. The molecule has 1 N–H and O–H groups in total. The number of halogens is 1. The number of fused-ring (bicyclic) bond motifs is 1. The molecule has 0 aromatic heterocycles. The Morgan fingerprint density at radius 2 is 1.92 bits per heavy atom. The minimum absolute atomic E-state index is 0.0632. The van der Waals surface area contributed by atoms with Gasteiger partial charge in [0, 0.05) is 17.5 Å². The van der Waals surface area contributed by atoms with Crippen LogP contribution in [-0.4, -0.2) is 18.6 Å². The lowest BCUT2D eigenvalue weighted by Gasteiger charge is -2.19. The van der Waals surface area contributed by atoms with Crippen LogP contribution in [0.2, 0.25) is 0 Å². The largest absolute Gasteiger partial charge is 0.488 e. The average Bonchev–Trinajstić information content (AvgIpc) is 2.94. The zero-order valence-corrected chi connectivity index (χ0v) is 14.2. The SMILES string of the molecule is CC(C)(C)c1ccc(C(=O)NC[C@@H]2Cc3cc(F)ccc3O2)cc1. The maximum atomic E-state index is 13.2. The Bertz CT molecular complexity index is 747. The van der Waals surface area contributed by atoms with E-state index in [1.54, 1.807) is 6.07 Å². The number of hydrogen-bond donors (Lipinski definition) is 1. The van der Waals surface area contributed by atoms with Gasteiger partial charge in [0.25, 0.3) is 5.91 Å². The fourth-order valence-corrected chi connectivity index (χ4v) is 2.83. The second kappa shape index (κ2) is 6.27. The fourth-order valence-electron chi connectivity index (χ4n) is 2.83. The summed E-state index contributed by atoms with van der Waals surface area (Å²) in [6.45, 7) is 6.82. The molecule has 1 aliphatic heterocycles. The first-order valence-corrected chi connectivity index (χ1v) is 8.17. The third kappa shape index (κ3) is 3.58. The highest BCUT2D eigenvalue weighted by atomic mass is 19.1. The summed E-state index contributed by atoms with van der Waals surface area (Å²) < 4.78 is 18.9. The number of carbonyl (C=O) groups is 1. The summed E-state index contributed by atoms with van der Waals surface area (Å²) in [5.41, 5.74) is 2.73. The molecule has 0 fully saturated rings. The summed E-state index contributed by atoms with van der Waals surface area (Å²) in [4.78, 5) is 12.3. The van der Waals surface area contributed by atoms with Crippen LogP contribution < -0.4 is 10.1 Å². The van der Waals surface area contributed by atoms with Crippen LogP contribution in [0.4, 0.5) is 4.39 Å². The molecule has 0 unspecified atom stereocenters. The van der Waals surface area contributed by atoms with Crippen molar-refractivity contribution in [1.29, 1.82) is 0 Å². The van der Waals surface area contributed by atoms with Gasteiger partial charge in [0.1, 0.15) is 17.7 Å². The first kappa shape index (κ1) is 16.5. The van der Waals surface area contributed by atoms with Crippen molar-refractivity contribution in [2.24, 2.45) is 0 Å². The summed E-state index contributed by atoms with van der Waals surface area (Å²) in [7, 11) is 0. The van der Waals surface area contributed by atoms with Gasteiger partial charge in [-0.1, -0.05) is 32.9 Å². The van der Waals surface area contributed by atoms with Crippen molar-refractivity contribution >= 4 is 5.91 Å². The van der Waals surface area contributed by atoms with Crippen LogP contribution in [0, 0.1) is 5.82 Å². The lowest BCUT2D eigenvalue weighted by atomic mass is 9.87. The summed E-state index contributed by atoms with van der Waals surface area (Å²) in [6, 6.07) is 12.2. The number of ether oxygens (including phenoxy) is 1. The van der Waals surface area contributed by atoms with Crippen LogP contribution in [0.1, 0.15) is 42.3 Å². The minimum Gasteiger partial charge on any atom is -0.488 e. The topological polar surface area (TPSA) is 38.3 Å². The van der Waals surface area contributed by atoms with E-state index in [2.05, 4.69) is 26.1 Å². The van der Waals surface area contributed by atoms with Crippen molar-refractivity contribution in [1.82, 2.24) is 5.32 Å². The molecule has 0 aliphatic carbocycles. The number of rotatable bonds is 3.